The molecule has 4 aromatic rings. The van der Waals surface area contributed by atoms with Gasteiger partial charge in [0.1, 0.15) is 27.4 Å². The molecule has 4 rings (SSSR count). The summed E-state index contributed by atoms with van der Waals surface area (Å²) in [5, 5.41) is 9.08. The molecule has 0 spiro atoms. The van der Waals surface area contributed by atoms with Gasteiger partial charge in [0, 0.05) is 12.1 Å². The number of methoxy groups -OCH3 is 1. The molecule has 0 aliphatic rings. The second-order valence-electron chi connectivity index (χ2n) is 7.42. The van der Waals surface area contributed by atoms with Gasteiger partial charge < -0.3 is 10.5 Å². The molecule has 12 heteroatoms. The van der Waals surface area contributed by atoms with Crippen molar-refractivity contribution in [3.8, 4) is 10.8 Å². The zero-order chi connectivity index (χ0) is 23.9. The molecule has 0 aliphatic heterocycles. The molecule has 172 valence electrons. The lowest BCUT2D eigenvalue weighted by Crippen LogP contribution is -2.45. The van der Waals surface area contributed by atoms with Gasteiger partial charge in [0.05, 0.1) is 24.9 Å². The molecule has 2 N–H and O–H groups in total. The number of ether oxygens (including phenoxy) is 1. The summed E-state index contributed by atoms with van der Waals surface area (Å²) in [7, 11) is 1.47. The second-order valence-corrected chi connectivity index (χ2v) is 8.40. The van der Waals surface area contributed by atoms with E-state index in [9.17, 15) is 18.8 Å². The number of primary amides is 1. The van der Waals surface area contributed by atoms with Gasteiger partial charge >= 0.3 is 5.69 Å². The normalized spacial score (nSPS) is 12.2. The molecular weight excluding hydrogens is 451 g/mol. The van der Waals surface area contributed by atoms with Crippen molar-refractivity contribution in [3.63, 3.8) is 0 Å². The molecule has 33 heavy (non-hydrogen) atoms. The molecule has 1 unspecified atom stereocenters. The molecular formula is C21H21FN6O4S. The summed E-state index contributed by atoms with van der Waals surface area (Å²) in [5.74, 6) is -0.772. The van der Waals surface area contributed by atoms with Crippen LogP contribution in [0.1, 0.15) is 24.1 Å². The van der Waals surface area contributed by atoms with E-state index in [1.165, 1.54) is 65.3 Å². The fourth-order valence-electron chi connectivity index (χ4n) is 3.70. The Bertz CT molecular complexity index is 1470. The average molecular weight is 473 g/mol. The van der Waals surface area contributed by atoms with Gasteiger partial charge in [-0.3, -0.25) is 14.2 Å². The first-order valence-corrected chi connectivity index (χ1v) is 10.8. The van der Waals surface area contributed by atoms with E-state index in [2.05, 4.69) is 10.2 Å². The number of nitrogens with zero attached hydrogens (tertiary/aromatic N) is 5. The highest BCUT2D eigenvalue weighted by Crippen LogP contribution is 2.31. The molecule has 0 fully saturated rings. The van der Waals surface area contributed by atoms with Gasteiger partial charge in [-0.1, -0.05) is 11.3 Å². The number of benzene rings is 1. The summed E-state index contributed by atoms with van der Waals surface area (Å²) < 4.78 is 21.4. The summed E-state index contributed by atoms with van der Waals surface area (Å²) in [6.07, 6.45) is 3.24. The van der Waals surface area contributed by atoms with E-state index in [-0.39, 0.29) is 18.4 Å². The number of halogens is 1. The van der Waals surface area contributed by atoms with Crippen molar-refractivity contribution in [2.75, 3.05) is 7.11 Å². The second kappa shape index (κ2) is 8.62. The molecule has 3 aromatic heterocycles. The fraction of sp³-hybridized carbons (Fsp3) is 0.286. The molecule has 0 radical (unpaired) electrons. The molecule has 1 amide bonds. The van der Waals surface area contributed by atoms with E-state index in [1.54, 1.807) is 6.92 Å². The lowest BCUT2D eigenvalue weighted by molar-refractivity contribution is -0.120. The summed E-state index contributed by atoms with van der Waals surface area (Å²) in [4.78, 5) is 40.3. The summed E-state index contributed by atoms with van der Waals surface area (Å²) >= 11 is 1.18. The minimum absolute atomic E-state index is 0.104. The summed E-state index contributed by atoms with van der Waals surface area (Å²) in [6.45, 7) is 3.23. The number of thiophene rings is 1. The van der Waals surface area contributed by atoms with Crippen LogP contribution >= 0.6 is 11.3 Å². The topological polar surface area (TPSA) is 127 Å². The summed E-state index contributed by atoms with van der Waals surface area (Å²) in [5.41, 5.74) is 5.24. The van der Waals surface area contributed by atoms with E-state index in [0.717, 1.165) is 4.57 Å². The van der Waals surface area contributed by atoms with Crippen LogP contribution in [0.15, 0.2) is 40.2 Å². The lowest BCUT2D eigenvalue weighted by atomic mass is 10.1. The molecule has 1 atom stereocenters. The number of hydrogen-bond donors (Lipinski definition) is 1. The van der Waals surface area contributed by atoms with E-state index < -0.39 is 29.0 Å². The van der Waals surface area contributed by atoms with Crippen molar-refractivity contribution >= 4 is 27.5 Å². The van der Waals surface area contributed by atoms with Gasteiger partial charge in [0.2, 0.25) is 5.91 Å². The largest absolute Gasteiger partial charge is 0.496 e. The number of hydrogen-bond acceptors (Lipinski definition) is 7. The standard InChI is InChI=1S/C21H21FN6O4S/c1-11-16-18(30)27(12(2)17(23)29)21(31)26(20(16)33-19(11)28-24-7-8-25-28)9-6-13-10-14(22)4-5-15(13)32-3/h4-5,7-8,10,12H,6,9H2,1-3H3,(H2,23,29). The molecule has 0 bridgehead atoms. The quantitative estimate of drug-likeness (QED) is 0.435. The third-order valence-electron chi connectivity index (χ3n) is 5.46. The predicted molar refractivity (Wildman–Crippen MR) is 121 cm³/mol. The zero-order valence-electron chi connectivity index (χ0n) is 18.1. The minimum atomic E-state index is -1.16. The van der Waals surface area contributed by atoms with E-state index in [4.69, 9.17) is 10.5 Å². The Morgan fingerprint density at radius 2 is 1.97 bits per heavy atom. The van der Waals surface area contributed by atoms with Crippen molar-refractivity contribution in [3.05, 3.63) is 68.4 Å². The van der Waals surface area contributed by atoms with Crippen LogP contribution in [0, 0.1) is 12.7 Å². The number of rotatable bonds is 7. The third-order valence-corrected chi connectivity index (χ3v) is 6.75. The van der Waals surface area contributed by atoms with E-state index in [0.29, 0.717) is 26.7 Å². The Kier molecular flexibility index (Phi) is 5.85. The van der Waals surface area contributed by atoms with Gasteiger partial charge in [-0.2, -0.15) is 10.2 Å². The predicted octanol–water partition coefficient (Wildman–Crippen LogP) is 1.55. The van der Waals surface area contributed by atoms with Gasteiger partial charge in [-0.05, 0) is 44.0 Å². The van der Waals surface area contributed by atoms with Gasteiger partial charge in [0.15, 0.2) is 0 Å². The average Bonchev–Trinajstić information content (AvgIpc) is 3.41. The molecule has 0 aliphatic carbocycles. The highest BCUT2D eigenvalue weighted by atomic mass is 32.1. The van der Waals surface area contributed by atoms with Crippen molar-refractivity contribution in [2.24, 2.45) is 5.73 Å². The monoisotopic (exact) mass is 472 g/mol. The Hall–Kier alpha value is -3.80. The fourth-order valence-corrected chi connectivity index (χ4v) is 4.94. The van der Waals surface area contributed by atoms with Gasteiger partial charge in [-0.15, -0.1) is 4.80 Å². The maximum atomic E-state index is 13.8. The highest BCUT2D eigenvalue weighted by Gasteiger charge is 2.25. The molecule has 1 aromatic carbocycles. The van der Waals surface area contributed by atoms with Crippen LogP contribution in [0.5, 0.6) is 5.75 Å². The van der Waals surface area contributed by atoms with Gasteiger partial charge in [-0.25, -0.2) is 13.8 Å². The molecule has 0 saturated carbocycles. The first-order chi connectivity index (χ1) is 15.7. The van der Waals surface area contributed by atoms with Crippen LogP contribution in [0.25, 0.3) is 15.2 Å². The third kappa shape index (κ3) is 3.82. The molecule has 0 saturated heterocycles. The maximum absolute atomic E-state index is 13.8. The number of aryl methyl sites for hydroxylation is 3. The van der Waals surface area contributed by atoms with Crippen LogP contribution < -0.4 is 21.7 Å². The molecule has 10 nitrogen and oxygen atoms in total. The number of fused-ring (bicyclic) bond motifs is 1. The Labute approximate surface area is 190 Å². The number of nitrogens with two attached hydrogens (primary N) is 1. The highest BCUT2D eigenvalue weighted by molar-refractivity contribution is 7.21. The van der Waals surface area contributed by atoms with Crippen molar-refractivity contribution in [1.29, 1.82) is 0 Å². The van der Waals surface area contributed by atoms with Crippen LogP contribution in [-0.2, 0) is 17.8 Å². The Morgan fingerprint density at radius 3 is 2.61 bits per heavy atom. The van der Waals surface area contributed by atoms with Gasteiger partial charge in [0.25, 0.3) is 5.56 Å². The first-order valence-electron chi connectivity index (χ1n) is 10.0. The van der Waals surface area contributed by atoms with Crippen LogP contribution in [0.3, 0.4) is 0 Å². The summed E-state index contributed by atoms with van der Waals surface area (Å²) in [6, 6.07) is 2.97. The zero-order valence-corrected chi connectivity index (χ0v) is 18.9. The number of carbonyl (C=O) groups excluding carboxylic acids is 1. The van der Waals surface area contributed by atoms with E-state index in [1.807, 2.05) is 0 Å². The number of aromatic nitrogens is 5. The van der Waals surface area contributed by atoms with Crippen molar-refractivity contribution in [2.45, 2.75) is 32.9 Å². The lowest BCUT2D eigenvalue weighted by Gasteiger charge is -2.16. The number of amides is 1. The van der Waals surface area contributed by atoms with Crippen molar-refractivity contribution < 1.29 is 13.9 Å². The smallest absolute Gasteiger partial charge is 0.332 e. The van der Waals surface area contributed by atoms with Crippen molar-refractivity contribution in [1.82, 2.24) is 24.1 Å². The maximum Gasteiger partial charge on any atom is 0.332 e. The number of carbonyl (C=O) groups is 1. The first kappa shape index (κ1) is 22.4. The van der Waals surface area contributed by atoms with Crippen LogP contribution in [-0.4, -0.2) is 37.1 Å². The SMILES string of the molecule is COc1ccc(F)cc1CCn1c(=O)n(C(C)C(N)=O)c(=O)c2c(C)c(-n3nccn3)sc21. The molecule has 3 heterocycles. The Morgan fingerprint density at radius 1 is 1.27 bits per heavy atom. The van der Waals surface area contributed by atoms with Crippen LogP contribution in [0.4, 0.5) is 4.39 Å². The van der Waals surface area contributed by atoms with Crippen LogP contribution in [0.2, 0.25) is 0 Å². The Balaban J connectivity index is 1.95. The van der Waals surface area contributed by atoms with E-state index >= 15 is 0 Å². The minimum Gasteiger partial charge on any atom is -0.496 e.